The van der Waals surface area contributed by atoms with Gasteiger partial charge in [-0.2, -0.15) is 0 Å². The SMILES string of the molecule is CCN(Cc1ccccc1)C(=O)c1c[nH]c2ccc(Cl)cc12. The second kappa shape index (κ2) is 6.24. The quantitative estimate of drug-likeness (QED) is 0.757. The maximum atomic E-state index is 12.8. The van der Waals surface area contributed by atoms with Crippen molar-refractivity contribution in [3.63, 3.8) is 0 Å². The van der Waals surface area contributed by atoms with E-state index in [0.717, 1.165) is 16.5 Å². The van der Waals surface area contributed by atoms with E-state index in [1.54, 1.807) is 6.20 Å². The molecule has 1 heterocycles. The average molecular weight is 313 g/mol. The Morgan fingerprint density at radius 1 is 1.18 bits per heavy atom. The van der Waals surface area contributed by atoms with Gasteiger partial charge in [-0.15, -0.1) is 0 Å². The number of benzene rings is 2. The fraction of sp³-hybridized carbons (Fsp3) is 0.167. The first-order chi connectivity index (χ1) is 10.7. The van der Waals surface area contributed by atoms with Gasteiger partial charge in [-0.05, 0) is 30.7 Å². The van der Waals surface area contributed by atoms with Gasteiger partial charge in [-0.1, -0.05) is 41.9 Å². The molecule has 0 aliphatic rings. The molecule has 112 valence electrons. The molecular weight excluding hydrogens is 296 g/mol. The number of nitrogens with zero attached hydrogens (tertiary/aromatic N) is 1. The van der Waals surface area contributed by atoms with Crippen molar-refractivity contribution >= 4 is 28.4 Å². The molecule has 4 heteroatoms. The van der Waals surface area contributed by atoms with Crippen molar-refractivity contribution in [2.75, 3.05) is 6.54 Å². The Morgan fingerprint density at radius 3 is 2.68 bits per heavy atom. The maximum absolute atomic E-state index is 12.8. The lowest BCUT2D eigenvalue weighted by Crippen LogP contribution is -2.30. The van der Waals surface area contributed by atoms with Gasteiger partial charge in [-0.3, -0.25) is 4.79 Å². The van der Waals surface area contributed by atoms with Gasteiger partial charge in [0.2, 0.25) is 0 Å². The van der Waals surface area contributed by atoms with Crippen molar-refractivity contribution in [3.05, 3.63) is 70.9 Å². The summed E-state index contributed by atoms with van der Waals surface area (Å²) in [6.45, 7) is 3.24. The Morgan fingerprint density at radius 2 is 1.95 bits per heavy atom. The van der Waals surface area contributed by atoms with E-state index in [9.17, 15) is 4.79 Å². The number of aromatic nitrogens is 1. The molecule has 3 aromatic rings. The van der Waals surface area contributed by atoms with Crippen molar-refractivity contribution in [2.24, 2.45) is 0 Å². The first-order valence-corrected chi connectivity index (χ1v) is 7.66. The van der Waals surface area contributed by atoms with Crippen molar-refractivity contribution in [2.45, 2.75) is 13.5 Å². The molecule has 1 amide bonds. The molecule has 0 saturated heterocycles. The Balaban J connectivity index is 1.91. The van der Waals surface area contributed by atoms with Gasteiger partial charge >= 0.3 is 0 Å². The molecule has 0 atom stereocenters. The van der Waals surface area contributed by atoms with Crippen LogP contribution in [0.4, 0.5) is 0 Å². The van der Waals surface area contributed by atoms with Crippen LogP contribution in [0.2, 0.25) is 5.02 Å². The van der Waals surface area contributed by atoms with Crippen LogP contribution in [0, 0.1) is 0 Å². The molecule has 0 unspecified atom stereocenters. The van der Waals surface area contributed by atoms with Crippen LogP contribution >= 0.6 is 11.6 Å². The summed E-state index contributed by atoms with van der Waals surface area (Å²) in [7, 11) is 0. The fourth-order valence-corrected chi connectivity index (χ4v) is 2.74. The number of carbonyl (C=O) groups is 1. The molecule has 0 radical (unpaired) electrons. The third-order valence-electron chi connectivity index (χ3n) is 3.76. The van der Waals surface area contributed by atoms with Crippen LogP contribution in [-0.2, 0) is 6.54 Å². The molecule has 3 nitrogen and oxygen atoms in total. The van der Waals surface area contributed by atoms with E-state index >= 15 is 0 Å². The molecule has 0 spiro atoms. The molecule has 0 aliphatic heterocycles. The van der Waals surface area contributed by atoms with Crippen molar-refractivity contribution < 1.29 is 4.79 Å². The van der Waals surface area contributed by atoms with Crippen LogP contribution < -0.4 is 0 Å². The Hall–Kier alpha value is -2.26. The lowest BCUT2D eigenvalue weighted by Gasteiger charge is -2.20. The van der Waals surface area contributed by atoms with Gasteiger partial charge in [0.05, 0.1) is 5.56 Å². The van der Waals surface area contributed by atoms with E-state index in [0.29, 0.717) is 23.7 Å². The minimum atomic E-state index is 0.0138. The maximum Gasteiger partial charge on any atom is 0.256 e. The topological polar surface area (TPSA) is 36.1 Å². The molecule has 0 bridgehead atoms. The highest BCUT2D eigenvalue weighted by atomic mass is 35.5. The summed E-state index contributed by atoms with van der Waals surface area (Å²) < 4.78 is 0. The molecule has 1 aromatic heterocycles. The van der Waals surface area contributed by atoms with Crippen LogP contribution in [0.5, 0.6) is 0 Å². The van der Waals surface area contributed by atoms with Crippen LogP contribution in [0.1, 0.15) is 22.8 Å². The molecule has 0 aliphatic carbocycles. The molecular formula is C18H17ClN2O. The molecule has 2 aromatic carbocycles. The summed E-state index contributed by atoms with van der Waals surface area (Å²) in [4.78, 5) is 17.8. The van der Waals surface area contributed by atoms with Crippen LogP contribution in [0.25, 0.3) is 10.9 Å². The molecule has 1 N–H and O–H groups in total. The summed E-state index contributed by atoms with van der Waals surface area (Å²) in [5.41, 5.74) is 2.70. The third-order valence-corrected chi connectivity index (χ3v) is 3.99. The van der Waals surface area contributed by atoms with E-state index in [1.165, 1.54) is 0 Å². The number of rotatable bonds is 4. The number of amides is 1. The summed E-state index contributed by atoms with van der Waals surface area (Å²) in [6, 6.07) is 15.5. The van der Waals surface area contributed by atoms with E-state index in [1.807, 2.05) is 60.4 Å². The molecule has 22 heavy (non-hydrogen) atoms. The second-order valence-corrected chi connectivity index (χ2v) is 5.63. The number of carbonyl (C=O) groups excluding carboxylic acids is 1. The first-order valence-electron chi connectivity index (χ1n) is 7.29. The van der Waals surface area contributed by atoms with Crippen LogP contribution in [0.15, 0.2) is 54.7 Å². The highest BCUT2D eigenvalue weighted by Crippen LogP contribution is 2.24. The standard InChI is InChI=1S/C18H17ClN2O/c1-2-21(12-13-6-4-3-5-7-13)18(22)16-11-20-17-9-8-14(19)10-15(16)17/h3-11,20H,2,12H2,1H3. The normalized spacial score (nSPS) is 10.8. The van der Waals surface area contributed by atoms with Gasteiger partial charge in [0, 0.05) is 35.2 Å². The summed E-state index contributed by atoms with van der Waals surface area (Å²) in [6.07, 6.45) is 1.76. The fourth-order valence-electron chi connectivity index (χ4n) is 2.57. The number of nitrogens with one attached hydrogen (secondary N) is 1. The number of halogens is 1. The largest absolute Gasteiger partial charge is 0.360 e. The predicted octanol–water partition coefficient (Wildman–Crippen LogP) is 4.48. The van der Waals surface area contributed by atoms with Crippen molar-refractivity contribution in [3.8, 4) is 0 Å². The summed E-state index contributed by atoms with van der Waals surface area (Å²) in [5.74, 6) is 0.0138. The van der Waals surface area contributed by atoms with Crippen molar-refractivity contribution in [1.82, 2.24) is 9.88 Å². The van der Waals surface area contributed by atoms with Gasteiger partial charge in [0.1, 0.15) is 0 Å². The molecule has 3 rings (SSSR count). The highest BCUT2D eigenvalue weighted by Gasteiger charge is 2.18. The first kappa shape index (κ1) is 14.7. The Labute approximate surface area is 134 Å². The van der Waals surface area contributed by atoms with E-state index in [2.05, 4.69) is 4.98 Å². The summed E-state index contributed by atoms with van der Waals surface area (Å²) >= 11 is 6.06. The van der Waals surface area contributed by atoms with Gasteiger partial charge < -0.3 is 9.88 Å². The van der Waals surface area contributed by atoms with Crippen molar-refractivity contribution in [1.29, 1.82) is 0 Å². The minimum Gasteiger partial charge on any atom is -0.360 e. The van der Waals surface area contributed by atoms with Gasteiger partial charge in [-0.25, -0.2) is 0 Å². The second-order valence-electron chi connectivity index (χ2n) is 5.20. The van der Waals surface area contributed by atoms with Gasteiger partial charge in [0.15, 0.2) is 0 Å². The smallest absolute Gasteiger partial charge is 0.256 e. The minimum absolute atomic E-state index is 0.0138. The number of hydrogen-bond acceptors (Lipinski definition) is 1. The monoisotopic (exact) mass is 312 g/mol. The molecule has 0 saturated carbocycles. The van der Waals surface area contributed by atoms with Gasteiger partial charge in [0.25, 0.3) is 5.91 Å². The number of aromatic amines is 1. The van der Waals surface area contributed by atoms with E-state index in [-0.39, 0.29) is 5.91 Å². The lowest BCUT2D eigenvalue weighted by molar-refractivity contribution is 0.0754. The predicted molar refractivity (Wildman–Crippen MR) is 90.2 cm³/mol. The lowest BCUT2D eigenvalue weighted by atomic mass is 10.1. The van der Waals surface area contributed by atoms with E-state index < -0.39 is 0 Å². The van der Waals surface area contributed by atoms with Crippen LogP contribution in [-0.4, -0.2) is 22.3 Å². The average Bonchev–Trinajstić information content (AvgIpc) is 2.96. The zero-order valence-corrected chi connectivity index (χ0v) is 13.1. The summed E-state index contributed by atoms with van der Waals surface area (Å²) in [5, 5.41) is 1.50. The zero-order valence-electron chi connectivity index (χ0n) is 12.3. The Kier molecular flexibility index (Phi) is 4.16. The zero-order chi connectivity index (χ0) is 15.5. The number of hydrogen-bond donors (Lipinski definition) is 1. The molecule has 0 fully saturated rings. The third kappa shape index (κ3) is 2.85. The van der Waals surface area contributed by atoms with E-state index in [4.69, 9.17) is 11.6 Å². The number of H-pyrrole nitrogens is 1. The van der Waals surface area contributed by atoms with Crippen LogP contribution in [0.3, 0.4) is 0 Å². The highest BCUT2D eigenvalue weighted by molar-refractivity contribution is 6.31. The Bertz CT molecular complexity index is 795. The number of fused-ring (bicyclic) bond motifs is 1.